The first-order valence-electron chi connectivity index (χ1n) is 10.3. The normalized spacial score (nSPS) is 24.6. The molecular weight excluding hydrogens is 350 g/mol. The molecule has 3 aromatic rings. The summed E-state index contributed by atoms with van der Waals surface area (Å²) < 4.78 is 1.92. The van der Waals surface area contributed by atoms with Crippen molar-refractivity contribution in [3.63, 3.8) is 0 Å². The largest absolute Gasteiger partial charge is 0.391 e. The van der Waals surface area contributed by atoms with Gasteiger partial charge < -0.3 is 10.0 Å². The quantitative estimate of drug-likeness (QED) is 0.761. The molecule has 0 radical (unpaired) electrons. The third kappa shape index (κ3) is 2.33. The summed E-state index contributed by atoms with van der Waals surface area (Å²) in [6.07, 6.45) is 9.32. The molecule has 1 atom stereocenters. The van der Waals surface area contributed by atoms with E-state index in [2.05, 4.69) is 45.1 Å². The average Bonchev–Trinajstić information content (AvgIpc) is 3.23. The Kier molecular flexibility index (Phi) is 3.26. The fraction of sp³-hybridized carbons (Fsp3) is 0.500. The van der Waals surface area contributed by atoms with Crippen molar-refractivity contribution in [1.82, 2.24) is 19.7 Å². The molecule has 1 N–H and O–H groups in total. The van der Waals surface area contributed by atoms with E-state index >= 15 is 0 Å². The summed E-state index contributed by atoms with van der Waals surface area (Å²) in [5.41, 5.74) is 2.89. The van der Waals surface area contributed by atoms with Crippen molar-refractivity contribution in [3.05, 3.63) is 42.4 Å². The summed E-state index contributed by atoms with van der Waals surface area (Å²) in [5.74, 6) is 1.65. The van der Waals surface area contributed by atoms with Crippen molar-refractivity contribution in [2.75, 3.05) is 18.0 Å². The van der Waals surface area contributed by atoms with Gasteiger partial charge in [-0.2, -0.15) is 5.10 Å². The van der Waals surface area contributed by atoms with E-state index in [4.69, 9.17) is 0 Å². The summed E-state index contributed by atoms with van der Waals surface area (Å²) in [5, 5.41) is 16.1. The van der Waals surface area contributed by atoms with Crippen molar-refractivity contribution in [2.45, 2.75) is 50.5 Å². The summed E-state index contributed by atoms with van der Waals surface area (Å²) in [7, 11) is 0. The van der Waals surface area contributed by atoms with Gasteiger partial charge in [-0.3, -0.25) is 0 Å². The van der Waals surface area contributed by atoms with Crippen molar-refractivity contribution in [2.24, 2.45) is 5.41 Å². The van der Waals surface area contributed by atoms with Gasteiger partial charge in [-0.1, -0.05) is 25.5 Å². The van der Waals surface area contributed by atoms with Crippen LogP contribution in [0.5, 0.6) is 0 Å². The van der Waals surface area contributed by atoms with Crippen LogP contribution in [0.2, 0.25) is 0 Å². The van der Waals surface area contributed by atoms with E-state index in [1.165, 1.54) is 24.8 Å². The Hall–Kier alpha value is -2.47. The molecule has 1 unspecified atom stereocenters. The maximum Gasteiger partial charge on any atom is 0.159 e. The Morgan fingerprint density at radius 1 is 1.07 bits per heavy atom. The number of fused-ring (bicyclic) bond motifs is 1. The van der Waals surface area contributed by atoms with Crippen LogP contribution in [-0.2, 0) is 5.41 Å². The maximum absolute atomic E-state index is 10.4. The topological polar surface area (TPSA) is 67.1 Å². The first-order valence-corrected chi connectivity index (χ1v) is 10.3. The molecule has 2 aromatic heterocycles. The van der Waals surface area contributed by atoms with Crippen LogP contribution >= 0.6 is 0 Å². The van der Waals surface area contributed by atoms with Gasteiger partial charge in [0.15, 0.2) is 5.82 Å². The zero-order valence-corrected chi connectivity index (χ0v) is 16.2. The van der Waals surface area contributed by atoms with Gasteiger partial charge in [0.1, 0.15) is 12.1 Å². The van der Waals surface area contributed by atoms with Gasteiger partial charge in [0, 0.05) is 30.0 Å². The van der Waals surface area contributed by atoms with Crippen molar-refractivity contribution in [3.8, 4) is 5.82 Å². The Labute approximate surface area is 164 Å². The van der Waals surface area contributed by atoms with Gasteiger partial charge >= 0.3 is 0 Å². The smallest absolute Gasteiger partial charge is 0.159 e. The lowest BCUT2D eigenvalue weighted by Gasteiger charge is -2.39. The molecule has 1 spiro atoms. The van der Waals surface area contributed by atoms with Crippen LogP contribution in [0.3, 0.4) is 0 Å². The van der Waals surface area contributed by atoms with Crippen LogP contribution in [0.4, 0.5) is 5.82 Å². The summed E-state index contributed by atoms with van der Waals surface area (Å²) >= 11 is 0. The number of aromatic nitrogens is 4. The van der Waals surface area contributed by atoms with Gasteiger partial charge in [-0.25, -0.2) is 14.6 Å². The van der Waals surface area contributed by atoms with E-state index in [9.17, 15) is 5.11 Å². The summed E-state index contributed by atoms with van der Waals surface area (Å²) in [4.78, 5) is 11.2. The number of β-amino-alcohol motifs (C(OH)–C–C–N with tert-alkyl or cyclic N) is 1. The number of hydrogen-bond acceptors (Lipinski definition) is 5. The fourth-order valence-corrected chi connectivity index (χ4v) is 4.98. The summed E-state index contributed by atoms with van der Waals surface area (Å²) in [6.45, 7) is 3.89. The highest BCUT2D eigenvalue weighted by atomic mass is 16.3. The fourth-order valence-electron chi connectivity index (χ4n) is 4.98. The predicted molar refractivity (Wildman–Crippen MR) is 108 cm³/mol. The molecular formula is C22H25N5O. The molecule has 2 saturated carbocycles. The maximum atomic E-state index is 10.4. The van der Waals surface area contributed by atoms with E-state index in [0.717, 1.165) is 41.9 Å². The number of anilines is 1. The molecule has 0 bridgehead atoms. The SMILES string of the molecule is CC1(c2ccc3cnn(-c4cc(N5CC(O)C6(CC6)C5)ncn4)c3c2)CCC1. The zero-order valence-electron chi connectivity index (χ0n) is 16.2. The van der Waals surface area contributed by atoms with Gasteiger partial charge in [-0.15, -0.1) is 0 Å². The standard InChI is InChI=1S/C22H25N5O/c1-21(5-2-6-21)16-4-3-15-11-25-27(17(15)9-16)20-10-19(23-14-24-20)26-12-18(28)22(13-26)7-8-22/h3-4,9-11,14,18,28H,2,5-8,12-13H2,1H3. The highest BCUT2D eigenvalue weighted by molar-refractivity contribution is 5.81. The lowest BCUT2D eigenvalue weighted by molar-refractivity contribution is 0.136. The Morgan fingerprint density at radius 2 is 1.89 bits per heavy atom. The van der Waals surface area contributed by atoms with Crippen LogP contribution in [-0.4, -0.2) is 44.0 Å². The highest BCUT2D eigenvalue weighted by Gasteiger charge is 2.54. The van der Waals surface area contributed by atoms with Crippen molar-refractivity contribution in [1.29, 1.82) is 0 Å². The zero-order chi connectivity index (χ0) is 18.9. The molecule has 0 amide bonds. The molecule has 144 valence electrons. The molecule has 2 aliphatic carbocycles. The van der Waals surface area contributed by atoms with Gasteiger partial charge in [0.2, 0.25) is 0 Å². The van der Waals surface area contributed by atoms with E-state index in [1.807, 2.05) is 16.9 Å². The molecule has 6 rings (SSSR count). The second-order valence-electron chi connectivity index (χ2n) is 9.24. The van der Waals surface area contributed by atoms with E-state index in [1.54, 1.807) is 6.33 Å². The van der Waals surface area contributed by atoms with E-state index in [0.29, 0.717) is 12.0 Å². The molecule has 1 aromatic carbocycles. The number of hydrogen-bond donors (Lipinski definition) is 1. The Morgan fingerprint density at radius 3 is 2.61 bits per heavy atom. The van der Waals surface area contributed by atoms with Crippen molar-refractivity contribution >= 4 is 16.7 Å². The van der Waals surface area contributed by atoms with Crippen LogP contribution < -0.4 is 4.90 Å². The van der Waals surface area contributed by atoms with Crippen LogP contribution in [0.15, 0.2) is 36.8 Å². The molecule has 28 heavy (non-hydrogen) atoms. The van der Waals surface area contributed by atoms with Crippen molar-refractivity contribution < 1.29 is 5.11 Å². The first-order chi connectivity index (χ1) is 13.6. The first kappa shape index (κ1) is 16.5. The Balaban J connectivity index is 1.38. The minimum absolute atomic E-state index is 0.108. The molecule has 1 saturated heterocycles. The van der Waals surface area contributed by atoms with Crippen LogP contribution in [0, 0.1) is 5.41 Å². The predicted octanol–water partition coefficient (Wildman–Crippen LogP) is 3.22. The highest BCUT2D eigenvalue weighted by Crippen LogP contribution is 2.53. The van der Waals surface area contributed by atoms with Crippen LogP contribution in [0.25, 0.3) is 16.7 Å². The van der Waals surface area contributed by atoms with E-state index in [-0.39, 0.29) is 11.5 Å². The molecule has 3 aliphatic rings. The Bertz CT molecular complexity index is 1070. The number of aliphatic hydroxyl groups excluding tert-OH is 1. The minimum Gasteiger partial charge on any atom is -0.391 e. The lowest BCUT2D eigenvalue weighted by Crippen LogP contribution is -2.30. The van der Waals surface area contributed by atoms with Gasteiger partial charge in [0.05, 0.1) is 17.8 Å². The number of rotatable bonds is 3. The third-order valence-electron chi connectivity index (χ3n) is 7.40. The molecule has 6 nitrogen and oxygen atoms in total. The molecule has 3 fully saturated rings. The third-order valence-corrected chi connectivity index (χ3v) is 7.40. The second-order valence-corrected chi connectivity index (χ2v) is 9.24. The average molecular weight is 375 g/mol. The van der Waals surface area contributed by atoms with Gasteiger partial charge in [-0.05, 0) is 42.7 Å². The summed E-state index contributed by atoms with van der Waals surface area (Å²) in [6, 6.07) is 8.70. The number of aliphatic hydroxyl groups is 1. The number of nitrogens with zero attached hydrogens (tertiary/aromatic N) is 5. The molecule has 3 heterocycles. The number of benzene rings is 1. The van der Waals surface area contributed by atoms with Crippen LogP contribution in [0.1, 0.15) is 44.6 Å². The molecule has 6 heteroatoms. The lowest BCUT2D eigenvalue weighted by atomic mass is 9.66. The second kappa shape index (κ2) is 5.54. The minimum atomic E-state index is -0.248. The van der Waals surface area contributed by atoms with Gasteiger partial charge in [0.25, 0.3) is 0 Å². The molecule has 1 aliphatic heterocycles. The van der Waals surface area contributed by atoms with E-state index < -0.39 is 0 Å². The monoisotopic (exact) mass is 375 g/mol.